The zero-order valence-corrected chi connectivity index (χ0v) is 16.7. The Labute approximate surface area is 161 Å². The van der Waals surface area contributed by atoms with Crippen LogP contribution in [0, 0.1) is 0 Å². The third-order valence-corrected chi connectivity index (χ3v) is 5.81. The van der Waals surface area contributed by atoms with Crippen LogP contribution in [0.2, 0.25) is 0 Å². The first-order valence-electron chi connectivity index (χ1n) is 9.78. The molecule has 6 heteroatoms. The topological polar surface area (TPSA) is 71.2 Å². The van der Waals surface area contributed by atoms with E-state index in [4.69, 9.17) is 0 Å². The lowest BCUT2D eigenvalue weighted by Crippen LogP contribution is -2.52. The number of hydrogen-bond acceptors (Lipinski definition) is 4. The van der Waals surface area contributed by atoms with E-state index in [1.807, 2.05) is 37.3 Å². The first-order chi connectivity index (χ1) is 12.8. The molecule has 27 heavy (non-hydrogen) atoms. The SMILES string of the molecule is CC(C)n1cnnc1C1CCCN(C(=O)C(C)(O)C(C)c2ccccc2)C1. The summed E-state index contributed by atoms with van der Waals surface area (Å²) in [6.07, 6.45) is 3.64. The highest BCUT2D eigenvalue weighted by molar-refractivity contribution is 5.86. The minimum Gasteiger partial charge on any atom is -0.380 e. The molecule has 2 aromatic rings. The maximum atomic E-state index is 13.2. The predicted octanol–water partition coefficient (Wildman–Crippen LogP) is 3.12. The molecule has 1 fully saturated rings. The van der Waals surface area contributed by atoms with Crippen molar-refractivity contribution >= 4 is 5.91 Å². The number of piperidine rings is 1. The molecule has 0 spiro atoms. The third kappa shape index (κ3) is 3.90. The van der Waals surface area contributed by atoms with E-state index in [-0.39, 0.29) is 23.8 Å². The molecule has 146 valence electrons. The number of nitrogens with zero attached hydrogens (tertiary/aromatic N) is 4. The quantitative estimate of drug-likeness (QED) is 0.878. The van der Waals surface area contributed by atoms with Gasteiger partial charge in [0.2, 0.25) is 0 Å². The molecule has 1 aromatic heterocycles. The van der Waals surface area contributed by atoms with Crippen molar-refractivity contribution in [3.63, 3.8) is 0 Å². The highest BCUT2D eigenvalue weighted by atomic mass is 16.3. The Morgan fingerprint density at radius 3 is 2.63 bits per heavy atom. The molecule has 1 aliphatic rings. The minimum atomic E-state index is -1.45. The molecule has 0 bridgehead atoms. The molecule has 1 amide bonds. The molecule has 0 aliphatic carbocycles. The standard InChI is InChI=1S/C21H30N4O2/c1-15(2)25-14-22-23-19(25)18-11-8-12-24(13-18)20(26)21(4,27)16(3)17-9-6-5-7-10-17/h5-7,9-10,14-16,18,27H,8,11-13H2,1-4H3. The van der Waals surface area contributed by atoms with Gasteiger partial charge >= 0.3 is 0 Å². The molecular formula is C21H30N4O2. The van der Waals surface area contributed by atoms with Crippen molar-refractivity contribution in [2.45, 2.75) is 64.0 Å². The van der Waals surface area contributed by atoms with Crippen LogP contribution in [-0.2, 0) is 4.79 Å². The molecule has 1 saturated heterocycles. The van der Waals surface area contributed by atoms with Gasteiger partial charge in [0.05, 0.1) is 0 Å². The molecule has 1 aromatic carbocycles. The average molecular weight is 370 g/mol. The lowest BCUT2D eigenvalue weighted by atomic mass is 9.83. The Morgan fingerprint density at radius 1 is 1.26 bits per heavy atom. The fraction of sp³-hybridized carbons (Fsp3) is 0.571. The van der Waals surface area contributed by atoms with Crippen molar-refractivity contribution in [1.29, 1.82) is 0 Å². The molecule has 3 unspecified atom stereocenters. The summed E-state index contributed by atoms with van der Waals surface area (Å²) in [6, 6.07) is 9.99. The van der Waals surface area contributed by atoms with Gasteiger partial charge in [-0.25, -0.2) is 0 Å². The summed E-state index contributed by atoms with van der Waals surface area (Å²) in [5.41, 5.74) is -0.487. The van der Waals surface area contributed by atoms with Gasteiger partial charge in [-0.1, -0.05) is 37.3 Å². The zero-order valence-electron chi connectivity index (χ0n) is 16.7. The fourth-order valence-electron chi connectivity index (χ4n) is 3.89. The molecule has 0 saturated carbocycles. The van der Waals surface area contributed by atoms with Gasteiger partial charge in [0, 0.05) is 31.0 Å². The first-order valence-corrected chi connectivity index (χ1v) is 9.78. The highest BCUT2D eigenvalue weighted by Crippen LogP contribution is 2.33. The number of amides is 1. The number of rotatable bonds is 5. The van der Waals surface area contributed by atoms with Crippen molar-refractivity contribution < 1.29 is 9.90 Å². The smallest absolute Gasteiger partial charge is 0.254 e. The summed E-state index contributed by atoms with van der Waals surface area (Å²) in [4.78, 5) is 15.0. The third-order valence-electron chi connectivity index (χ3n) is 5.81. The largest absolute Gasteiger partial charge is 0.380 e. The van der Waals surface area contributed by atoms with Crippen LogP contribution in [0.3, 0.4) is 0 Å². The van der Waals surface area contributed by atoms with Gasteiger partial charge in [-0.15, -0.1) is 10.2 Å². The lowest BCUT2D eigenvalue weighted by molar-refractivity contribution is -0.152. The molecule has 3 atom stereocenters. The number of benzene rings is 1. The summed E-state index contributed by atoms with van der Waals surface area (Å²) < 4.78 is 2.07. The summed E-state index contributed by atoms with van der Waals surface area (Å²) in [7, 11) is 0. The number of hydrogen-bond donors (Lipinski definition) is 1. The van der Waals surface area contributed by atoms with Crippen molar-refractivity contribution in [2.24, 2.45) is 0 Å². The Hall–Kier alpha value is -2.21. The van der Waals surface area contributed by atoms with Gasteiger partial charge in [-0.05, 0) is 39.2 Å². The number of carbonyl (C=O) groups is 1. The first kappa shape index (κ1) is 19.5. The second kappa shape index (κ2) is 7.80. The van der Waals surface area contributed by atoms with Crippen LogP contribution in [0.5, 0.6) is 0 Å². The van der Waals surface area contributed by atoms with E-state index in [9.17, 15) is 9.90 Å². The molecule has 6 nitrogen and oxygen atoms in total. The molecule has 3 rings (SSSR count). The number of aliphatic hydroxyl groups is 1. The van der Waals surface area contributed by atoms with Crippen LogP contribution in [0.15, 0.2) is 36.7 Å². The molecule has 2 heterocycles. The van der Waals surface area contributed by atoms with Gasteiger partial charge in [-0.2, -0.15) is 0 Å². The van der Waals surface area contributed by atoms with Crippen LogP contribution in [0.1, 0.15) is 69.8 Å². The number of aromatic nitrogens is 3. The van der Waals surface area contributed by atoms with Crippen molar-refractivity contribution in [3.8, 4) is 0 Å². The van der Waals surface area contributed by atoms with Crippen LogP contribution in [0.4, 0.5) is 0 Å². The van der Waals surface area contributed by atoms with Crippen LogP contribution in [-0.4, -0.2) is 49.4 Å². The summed E-state index contributed by atoms with van der Waals surface area (Å²) in [6.45, 7) is 8.98. The molecule has 0 radical (unpaired) electrons. The lowest BCUT2D eigenvalue weighted by Gasteiger charge is -2.39. The van der Waals surface area contributed by atoms with E-state index in [0.29, 0.717) is 13.1 Å². The van der Waals surface area contributed by atoms with E-state index >= 15 is 0 Å². The molecule has 1 aliphatic heterocycles. The fourth-order valence-corrected chi connectivity index (χ4v) is 3.89. The van der Waals surface area contributed by atoms with Gasteiger partial charge in [0.25, 0.3) is 5.91 Å². The van der Waals surface area contributed by atoms with Crippen molar-refractivity contribution in [3.05, 3.63) is 48.0 Å². The monoisotopic (exact) mass is 370 g/mol. The second-order valence-corrected chi connectivity index (χ2v) is 8.06. The van der Waals surface area contributed by atoms with Gasteiger partial charge in [-0.3, -0.25) is 4.79 Å². The number of carbonyl (C=O) groups excluding carboxylic acids is 1. The summed E-state index contributed by atoms with van der Waals surface area (Å²) >= 11 is 0. The minimum absolute atomic E-state index is 0.149. The van der Waals surface area contributed by atoms with E-state index in [1.54, 1.807) is 18.2 Å². The predicted molar refractivity (Wildman–Crippen MR) is 104 cm³/mol. The zero-order chi connectivity index (χ0) is 19.6. The normalized spacial score (nSPS) is 21.1. The van der Waals surface area contributed by atoms with Crippen LogP contribution >= 0.6 is 0 Å². The Bertz CT molecular complexity index is 769. The maximum Gasteiger partial charge on any atom is 0.254 e. The average Bonchev–Trinajstić information content (AvgIpc) is 3.18. The van der Waals surface area contributed by atoms with E-state index in [2.05, 4.69) is 28.6 Å². The van der Waals surface area contributed by atoms with Crippen LogP contribution < -0.4 is 0 Å². The second-order valence-electron chi connectivity index (χ2n) is 8.06. The highest BCUT2D eigenvalue weighted by Gasteiger charge is 2.42. The summed E-state index contributed by atoms with van der Waals surface area (Å²) in [5.74, 6) is 0.582. The van der Waals surface area contributed by atoms with Gasteiger partial charge in [0.1, 0.15) is 17.8 Å². The van der Waals surface area contributed by atoms with Gasteiger partial charge in [0.15, 0.2) is 0 Å². The van der Waals surface area contributed by atoms with Crippen LogP contribution in [0.25, 0.3) is 0 Å². The van der Waals surface area contributed by atoms with E-state index < -0.39 is 5.60 Å². The van der Waals surface area contributed by atoms with Crippen molar-refractivity contribution in [2.75, 3.05) is 13.1 Å². The van der Waals surface area contributed by atoms with E-state index in [1.165, 1.54) is 0 Å². The van der Waals surface area contributed by atoms with Gasteiger partial charge < -0.3 is 14.6 Å². The number of likely N-dealkylation sites (tertiary alicyclic amines) is 1. The molecular weight excluding hydrogens is 340 g/mol. The maximum absolute atomic E-state index is 13.2. The van der Waals surface area contributed by atoms with E-state index in [0.717, 1.165) is 24.2 Å². The Morgan fingerprint density at radius 2 is 1.96 bits per heavy atom. The molecule has 1 N–H and O–H groups in total. The van der Waals surface area contributed by atoms with Crippen molar-refractivity contribution in [1.82, 2.24) is 19.7 Å². The Kier molecular flexibility index (Phi) is 5.65. The Balaban J connectivity index is 1.77. The summed E-state index contributed by atoms with van der Waals surface area (Å²) in [5, 5.41) is 19.5.